The Bertz CT molecular complexity index is 497. The smallest absolute Gasteiger partial charge is 0.410 e. The number of rotatable bonds is 3. The van der Waals surface area contributed by atoms with Gasteiger partial charge in [-0.05, 0) is 33.6 Å². The molecule has 1 aliphatic rings. The molecule has 0 N–H and O–H groups in total. The first kappa shape index (κ1) is 16.4. The van der Waals surface area contributed by atoms with Crippen LogP contribution in [0.3, 0.4) is 0 Å². The topological polar surface area (TPSA) is 59.5 Å². The van der Waals surface area contributed by atoms with Crippen LogP contribution in [-0.4, -0.2) is 44.1 Å². The molecule has 0 spiro atoms. The number of carbonyl (C=O) groups is 1. The first-order chi connectivity index (χ1) is 9.85. The van der Waals surface area contributed by atoms with Gasteiger partial charge in [0.1, 0.15) is 5.60 Å². The first-order valence-corrected chi connectivity index (χ1v) is 9.34. The van der Waals surface area contributed by atoms with Crippen LogP contribution >= 0.6 is 11.3 Å². The molecule has 2 heterocycles. The lowest BCUT2D eigenvalue weighted by atomic mass is 10.1. The number of aromatic nitrogens is 1. The average Bonchev–Trinajstić information content (AvgIpc) is 2.90. The number of thiazole rings is 1. The van der Waals surface area contributed by atoms with Crippen molar-refractivity contribution in [2.24, 2.45) is 0 Å². The third kappa shape index (κ3) is 5.07. The quantitative estimate of drug-likeness (QED) is 0.855. The monoisotopic (exact) mass is 330 g/mol. The van der Waals surface area contributed by atoms with Crippen molar-refractivity contribution in [1.29, 1.82) is 0 Å². The molecule has 21 heavy (non-hydrogen) atoms. The van der Waals surface area contributed by atoms with Gasteiger partial charge in [-0.15, -0.1) is 11.3 Å². The lowest BCUT2D eigenvalue weighted by molar-refractivity contribution is 0.0219. The van der Waals surface area contributed by atoms with Crippen molar-refractivity contribution in [3.63, 3.8) is 0 Å². The van der Waals surface area contributed by atoms with Gasteiger partial charge >= 0.3 is 6.09 Å². The van der Waals surface area contributed by atoms with Crippen LogP contribution in [0.4, 0.5) is 4.79 Å². The molecule has 1 amide bonds. The Morgan fingerprint density at radius 2 is 2.33 bits per heavy atom. The van der Waals surface area contributed by atoms with Gasteiger partial charge in [-0.3, -0.25) is 9.19 Å². The highest BCUT2D eigenvalue weighted by atomic mass is 32.2. The maximum Gasteiger partial charge on any atom is 0.410 e. The highest BCUT2D eigenvalue weighted by molar-refractivity contribution is 7.85. The lowest BCUT2D eigenvalue weighted by Crippen LogP contribution is -2.46. The summed E-state index contributed by atoms with van der Waals surface area (Å²) in [5.74, 6) is 0.525. The maximum atomic E-state index is 12.4. The number of ether oxygens (including phenoxy) is 1. The third-order valence-corrected chi connectivity index (χ3v) is 5.86. The molecule has 0 saturated carbocycles. The largest absolute Gasteiger partial charge is 0.444 e. The Morgan fingerprint density at radius 3 is 2.95 bits per heavy atom. The molecule has 2 atom stereocenters. The number of nitrogens with zero attached hydrogens (tertiary/aromatic N) is 2. The zero-order chi connectivity index (χ0) is 15.5. The van der Waals surface area contributed by atoms with E-state index in [0.717, 1.165) is 17.7 Å². The molecule has 5 nitrogen and oxygen atoms in total. The van der Waals surface area contributed by atoms with Crippen LogP contribution in [0.25, 0.3) is 0 Å². The average molecular weight is 330 g/mol. The van der Waals surface area contributed by atoms with Gasteiger partial charge in [0, 0.05) is 35.0 Å². The zero-order valence-corrected chi connectivity index (χ0v) is 14.3. The van der Waals surface area contributed by atoms with Gasteiger partial charge in [0.15, 0.2) is 0 Å². The summed E-state index contributed by atoms with van der Waals surface area (Å²) in [6.07, 6.45) is 3.22. The summed E-state index contributed by atoms with van der Waals surface area (Å²) in [5, 5.41) is 0.0216. The number of hydrogen-bond donors (Lipinski definition) is 0. The van der Waals surface area contributed by atoms with Crippen molar-refractivity contribution in [3.05, 3.63) is 16.6 Å². The Labute approximate surface area is 132 Å². The predicted molar refractivity (Wildman–Crippen MR) is 84.8 cm³/mol. The fourth-order valence-electron chi connectivity index (χ4n) is 2.22. The van der Waals surface area contributed by atoms with Gasteiger partial charge in [0.05, 0.1) is 16.5 Å². The van der Waals surface area contributed by atoms with Crippen molar-refractivity contribution in [2.45, 2.75) is 50.2 Å². The fourth-order valence-corrected chi connectivity index (χ4v) is 4.58. The van der Waals surface area contributed by atoms with Gasteiger partial charge < -0.3 is 9.64 Å². The van der Waals surface area contributed by atoms with Gasteiger partial charge in [-0.2, -0.15) is 0 Å². The lowest BCUT2D eigenvalue weighted by Gasteiger charge is -2.33. The van der Waals surface area contributed by atoms with Crippen LogP contribution in [0, 0.1) is 0 Å². The number of hydrogen-bond acceptors (Lipinski definition) is 5. The van der Waals surface area contributed by atoms with E-state index >= 15 is 0 Å². The Hall–Kier alpha value is -0.950. The molecule has 118 valence electrons. The molecule has 0 aliphatic carbocycles. The second-order valence-electron chi connectivity index (χ2n) is 6.18. The van der Waals surface area contributed by atoms with Crippen molar-refractivity contribution in [2.75, 3.05) is 13.1 Å². The predicted octanol–water partition coefficient (Wildman–Crippen LogP) is 2.79. The van der Waals surface area contributed by atoms with E-state index in [-0.39, 0.29) is 11.3 Å². The molecule has 1 aromatic heterocycles. The molecule has 1 saturated heterocycles. The summed E-state index contributed by atoms with van der Waals surface area (Å²) >= 11 is 1.52. The van der Waals surface area contributed by atoms with Crippen LogP contribution in [0.15, 0.2) is 11.7 Å². The standard InChI is InChI=1S/C14H22N2O3S2/c1-14(2,3)19-13(17)16-6-4-5-12(8-16)21(18)9-11-7-15-10-20-11/h7,10,12H,4-6,8-9H2,1-3H3/t12-,21+/m0/s1. The second kappa shape index (κ2) is 6.87. The van der Waals surface area contributed by atoms with E-state index in [2.05, 4.69) is 4.98 Å². The number of piperidine rings is 1. The van der Waals surface area contributed by atoms with Crippen molar-refractivity contribution in [3.8, 4) is 0 Å². The van der Waals surface area contributed by atoms with E-state index in [0.29, 0.717) is 18.8 Å². The van der Waals surface area contributed by atoms with Crippen LogP contribution < -0.4 is 0 Å². The molecule has 1 fully saturated rings. The molecule has 0 unspecified atom stereocenters. The molecule has 0 bridgehead atoms. The number of amides is 1. The van der Waals surface area contributed by atoms with Crippen molar-refractivity contribution in [1.82, 2.24) is 9.88 Å². The van der Waals surface area contributed by atoms with E-state index in [1.807, 2.05) is 20.8 Å². The van der Waals surface area contributed by atoms with Crippen LogP contribution in [0.5, 0.6) is 0 Å². The molecule has 2 rings (SSSR count). The normalized spacial score (nSPS) is 21.1. The summed E-state index contributed by atoms with van der Waals surface area (Å²) < 4.78 is 17.8. The minimum Gasteiger partial charge on any atom is -0.444 e. The van der Waals surface area contributed by atoms with Gasteiger partial charge in [-0.1, -0.05) is 0 Å². The molecule has 0 radical (unpaired) electrons. The summed E-state index contributed by atoms with van der Waals surface area (Å²) in [5.41, 5.74) is 1.26. The third-order valence-electron chi connectivity index (χ3n) is 3.17. The van der Waals surface area contributed by atoms with Gasteiger partial charge in [0.25, 0.3) is 0 Å². The van der Waals surface area contributed by atoms with E-state index in [4.69, 9.17) is 4.74 Å². The Balaban J connectivity index is 1.91. The van der Waals surface area contributed by atoms with Crippen LogP contribution in [0.2, 0.25) is 0 Å². The maximum absolute atomic E-state index is 12.4. The summed E-state index contributed by atoms with van der Waals surface area (Å²) in [6, 6.07) is 0. The highest BCUT2D eigenvalue weighted by Gasteiger charge is 2.30. The SMILES string of the molecule is CC(C)(C)OC(=O)N1CCC[C@H]([S@](=O)Cc2cncs2)C1. The van der Waals surface area contributed by atoms with E-state index in [1.165, 1.54) is 11.3 Å². The highest BCUT2D eigenvalue weighted by Crippen LogP contribution is 2.21. The molecule has 0 aromatic carbocycles. The molecular weight excluding hydrogens is 308 g/mol. The van der Waals surface area contributed by atoms with E-state index < -0.39 is 16.4 Å². The first-order valence-electron chi connectivity index (χ1n) is 7.07. The number of likely N-dealkylation sites (tertiary alicyclic amines) is 1. The van der Waals surface area contributed by atoms with Crippen LogP contribution in [0.1, 0.15) is 38.5 Å². The van der Waals surface area contributed by atoms with Gasteiger partial charge in [0.2, 0.25) is 0 Å². The number of carbonyl (C=O) groups excluding carboxylic acids is 1. The molecule has 7 heteroatoms. The summed E-state index contributed by atoms with van der Waals surface area (Å²) in [4.78, 5) is 18.8. The van der Waals surface area contributed by atoms with Crippen molar-refractivity contribution < 1.29 is 13.7 Å². The Kier molecular flexibility index (Phi) is 5.37. The van der Waals surface area contributed by atoms with Crippen molar-refractivity contribution >= 4 is 28.2 Å². The van der Waals surface area contributed by atoms with E-state index in [9.17, 15) is 9.00 Å². The molecule has 1 aromatic rings. The zero-order valence-electron chi connectivity index (χ0n) is 12.7. The molecule has 1 aliphatic heterocycles. The minimum atomic E-state index is -0.975. The van der Waals surface area contributed by atoms with Gasteiger partial charge in [-0.25, -0.2) is 4.79 Å². The Morgan fingerprint density at radius 1 is 1.57 bits per heavy atom. The minimum absolute atomic E-state index is 0.0216. The second-order valence-corrected chi connectivity index (χ2v) is 8.87. The summed E-state index contributed by atoms with van der Waals surface area (Å²) in [7, 11) is -0.975. The van der Waals surface area contributed by atoms with Crippen LogP contribution in [-0.2, 0) is 21.3 Å². The summed E-state index contributed by atoms with van der Waals surface area (Å²) in [6.45, 7) is 6.76. The fraction of sp³-hybridized carbons (Fsp3) is 0.714. The van der Waals surface area contributed by atoms with E-state index in [1.54, 1.807) is 16.6 Å². The molecular formula is C14H22N2O3S2.